The predicted molar refractivity (Wildman–Crippen MR) is 105 cm³/mol. The number of hydrogen-bond acceptors (Lipinski definition) is 7. The Bertz CT molecular complexity index is 735. The minimum absolute atomic E-state index is 0.0157. The molecule has 0 spiro atoms. The first kappa shape index (κ1) is 21.9. The fourth-order valence-electron chi connectivity index (χ4n) is 2.13. The molecule has 2 aromatic rings. The molecule has 29 heavy (non-hydrogen) atoms. The number of rotatable bonds is 7. The van der Waals surface area contributed by atoms with Crippen molar-refractivity contribution in [1.82, 2.24) is 10.6 Å². The first-order valence-corrected chi connectivity index (χ1v) is 8.85. The van der Waals surface area contributed by atoms with Gasteiger partial charge in [-0.1, -0.05) is 60.7 Å². The zero-order valence-electron chi connectivity index (χ0n) is 15.7. The van der Waals surface area contributed by atoms with Gasteiger partial charge in [0.25, 0.3) is 0 Å². The molecule has 0 aliphatic heterocycles. The van der Waals surface area contributed by atoms with E-state index in [1.807, 2.05) is 12.1 Å². The van der Waals surface area contributed by atoms with Gasteiger partial charge in [0.05, 0.1) is 19.3 Å². The minimum Gasteiger partial charge on any atom is -0.444 e. The molecule has 0 aliphatic carbocycles. The molecule has 0 atom stereocenters. The van der Waals surface area contributed by atoms with Crippen LogP contribution in [0.4, 0.5) is 9.59 Å². The van der Waals surface area contributed by atoms with E-state index in [9.17, 15) is 19.8 Å². The van der Waals surface area contributed by atoms with Crippen LogP contribution in [0.25, 0.3) is 0 Å². The van der Waals surface area contributed by atoms with Gasteiger partial charge in [-0.3, -0.25) is 10.6 Å². The second kappa shape index (κ2) is 12.1. The number of ether oxygens (including phenoxy) is 2. The summed E-state index contributed by atoms with van der Waals surface area (Å²) in [5.74, 6) is -0.311. The number of nitrogens with one attached hydrogen (secondary N) is 2. The Labute approximate surface area is 168 Å². The van der Waals surface area contributed by atoms with E-state index in [0.29, 0.717) is 0 Å². The van der Waals surface area contributed by atoms with Gasteiger partial charge in [-0.25, -0.2) is 14.6 Å². The summed E-state index contributed by atoms with van der Waals surface area (Å²) in [6.45, 7) is -0.938. The Hall–Kier alpha value is -3.43. The molecule has 0 bridgehead atoms. The normalized spacial score (nSPS) is 10.2. The summed E-state index contributed by atoms with van der Waals surface area (Å²) in [7, 11) is 0. The van der Waals surface area contributed by atoms with Crippen LogP contribution >= 0.6 is 0 Å². The molecule has 0 saturated heterocycles. The molecule has 0 aliphatic rings. The second-order valence-corrected chi connectivity index (χ2v) is 5.87. The van der Waals surface area contributed by atoms with E-state index in [4.69, 9.17) is 9.47 Å². The third-order valence-corrected chi connectivity index (χ3v) is 3.60. The van der Waals surface area contributed by atoms with Crippen LogP contribution in [0.5, 0.6) is 0 Å². The van der Waals surface area contributed by atoms with Gasteiger partial charge in [0, 0.05) is 0 Å². The lowest BCUT2D eigenvalue weighted by atomic mass is 10.2. The molecule has 154 valence electrons. The number of carbonyl (C=O) groups is 2. The highest BCUT2D eigenvalue weighted by Gasteiger charge is 2.15. The number of hydrogen-bond donors (Lipinski definition) is 4. The highest BCUT2D eigenvalue weighted by molar-refractivity contribution is 6.01. The van der Waals surface area contributed by atoms with Crippen LogP contribution in [0.3, 0.4) is 0 Å². The van der Waals surface area contributed by atoms with Crippen LogP contribution in [-0.4, -0.2) is 47.6 Å². The van der Waals surface area contributed by atoms with Gasteiger partial charge < -0.3 is 19.7 Å². The third-order valence-electron chi connectivity index (χ3n) is 3.60. The van der Waals surface area contributed by atoms with Gasteiger partial charge in [0.15, 0.2) is 0 Å². The van der Waals surface area contributed by atoms with Gasteiger partial charge in [0.1, 0.15) is 13.2 Å². The lowest BCUT2D eigenvalue weighted by Gasteiger charge is -2.14. The van der Waals surface area contributed by atoms with Gasteiger partial charge in [-0.05, 0) is 11.1 Å². The highest BCUT2D eigenvalue weighted by Crippen LogP contribution is 2.02. The zero-order valence-corrected chi connectivity index (χ0v) is 15.7. The van der Waals surface area contributed by atoms with Gasteiger partial charge in [-0.2, -0.15) is 0 Å². The van der Waals surface area contributed by atoms with Crippen molar-refractivity contribution in [1.29, 1.82) is 0 Å². The minimum atomic E-state index is -0.936. The number of alkyl carbamates (subject to hydrolysis) is 2. The van der Waals surface area contributed by atoms with Crippen molar-refractivity contribution >= 4 is 18.1 Å². The van der Waals surface area contributed by atoms with Gasteiger partial charge >= 0.3 is 12.2 Å². The summed E-state index contributed by atoms with van der Waals surface area (Å²) in [5.41, 5.74) is 1.56. The van der Waals surface area contributed by atoms with Crippen molar-refractivity contribution in [2.75, 3.05) is 13.2 Å². The van der Waals surface area contributed by atoms with Crippen LogP contribution in [0.1, 0.15) is 11.1 Å². The molecule has 0 aromatic heterocycles. The van der Waals surface area contributed by atoms with E-state index in [2.05, 4.69) is 15.6 Å². The number of guanidine groups is 1. The summed E-state index contributed by atoms with van der Waals surface area (Å²) in [4.78, 5) is 27.9. The average Bonchev–Trinajstić information content (AvgIpc) is 2.76. The van der Waals surface area contributed by atoms with E-state index in [-0.39, 0.29) is 19.2 Å². The predicted octanol–water partition coefficient (Wildman–Crippen LogP) is 1.55. The molecule has 4 N–H and O–H groups in total. The van der Waals surface area contributed by atoms with E-state index in [1.54, 1.807) is 48.5 Å². The molecule has 9 nitrogen and oxygen atoms in total. The van der Waals surface area contributed by atoms with Crippen molar-refractivity contribution in [3.63, 3.8) is 0 Å². The average molecular weight is 401 g/mol. The Balaban J connectivity index is 1.93. The Morgan fingerprint density at radius 1 is 0.793 bits per heavy atom. The standard InChI is InChI=1S/C20H23N3O6/c24-11-17(12-25)21-18(22-19(26)28-13-15-7-3-1-4-8-15)23-20(27)29-14-16-9-5-2-6-10-16/h1-10,17,24-25H,11-14H2,(H2,21,22,23,26,27). The number of aliphatic hydroxyl groups excluding tert-OH is 2. The summed E-state index contributed by atoms with van der Waals surface area (Å²) < 4.78 is 10.1. The number of aliphatic imine (C=N–C) groups is 1. The molecule has 9 heteroatoms. The summed E-state index contributed by atoms with van der Waals surface area (Å²) >= 11 is 0. The maximum Gasteiger partial charge on any atom is 0.414 e. The molecule has 2 amide bonds. The van der Waals surface area contributed by atoms with Crippen LogP contribution in [0.2, 0.25) is 0 Å². The molecular weight excluding hydrogens is 378 g/mol. The van der Waals surface area contributed by atoms with Crippen molar-refractivity contribution in [2.24, 2.45) is 4.99 Å². The first-order valence-electron chi connectivity index (χ1n) is 8.85. The molecule has 0 fully saturated rings. The quantitative estimate of drug-likeness (QED) is 0.411. The molecule has 0 saturated carbocycles. The molecule has 0 radical (unpaired) electrons. The van der Waals surface area contributed by atoms with Crippen LogP contribution in [0.15, 0.2) is 65.7 Å². The summed E-state index contributed by atoms with van der Waals surface area (Å²) in [5, 5.41) is 22.9. The molecule has 2 aromatic carbocycles. The number of aliphatic hydroxyl groups is 2. The Kier molecular flexibility index (Phi) is 9.13. The molecule has 2 rings (SSSR count). The molecular formula is C20H23N3O6. The Morgan fingerprint density at radius 2 is 1.21 bits per heavy atom. The largest absolute Gasteiger partial charge is 0.444 e. The number of benzene rings is 2. The van der Waals surface area contributed by atoms with Crippen molar-refractivity contribution in [3.05, 3.63) is 71.8 Å². The Morgan fingerprint density at radius 3 is 1.59 bits per heavy atom. The second-order valence-electron chi connectivity index (χ2n) is 5.87. The van der Waals surface area contributed by atoms with Gasteiger partial charge in [0.2, 0.25) is 5.96 Å². The van der Waals surface area contributed by atoms with Crippen LogP contribution < -0.4 is 10.6 Å². The van der Waals surface area contributed by atoms with Crippen molar-refractivity contribution in [2.45, 2.75) is 19.3 Å². The van der Waals surface area contributed by atoms with Crippen LogP contribution in [0, 0.1) is 0 Å². The molecule has 0 unspecified atom stereocenters. The number of carbonyl (C=O) groups excluding carboxylic acids is 2. The fraction of sp³-hybridized carbons (Fsp3) is 0.250. The van der Waals surface area contributed by atoms with Gasteiger partial charge in [-0.15, -0.1) is 0 Å². The van der Waals surface area contributed by atoms with Crippen molar-refractivity contribution < 1.29 is 29.3 Å². The SMILES string of the molecule is O=C(NC(=NC(CO)CO)NC(=O)OCc1ccccc1)OCc1ccccc1. The fourth-order valence-corrected chi connectivity index (χ4v) is 2.13. The number of amides is 2. The lowest BCUT2D eigenvalue weighted by molar-refractivity contribution is 0.141. The zero-order chi connectivity index (χ0) is 20.9. The van der Waals surface area contributed by atoms with E-state index in [0.717, 1.165) is 11.1 Å². The summed E-state index contributed by atoms with van der Waals surface area (Å²) in [6.07, 6.45) is -1.74. The van der Waals surface area contributed by atoms with Crippen molar-refractivity contribution in [3.8, 4) is 0 Å². The smallest absolute Gasteiger partial charge is 0.414 e. The maximum atomic E-state index is 12.0. The topological polar surface area (TPSA) is 129 Å². The number of nitrogens with zero attached hydrogens (tertiary/aromatic N) is 1. The van der Waals surface area contributed by atoms with E-state index >= 15 is 0 Å². The monoisotopic (exact) mass is 401 g/mol. The summed E-state index contributed by atoms with van der Waals surface area (Å²) in [6, 6.07) is 17.1. The third kappa shape index (κ3) is 8.41. The highest BCUT2D eigenvalue weighted by atomic mass is 16.6. The van der Waals surface area contributed by atoms with E-state index < -0.39 is 31.4 Å². The lowest BCUT2D eigenvalue weighted by Crippen LogP contribution is -2.45. The molecule has 0 heterocycles. The first-order chi connectivity index (χ1) is 14.1. The maximum absolute atomic E-state index is 12.0. The van der Waals surface area contributed by atoms with E-state index in [1.165, 1.54) is 0 Å². The van der Waals surface area contributed by atoms with Crippen LogP contribution in [-0.2, 0) is 22.7 Å².